The average molecular weight is 271 g/mol. The maximum absolute atomic E-state index is 10.9. The minimum atomic E-state index is -0.705. The standard InChI is InChI=1S/C13H21NO3S/c1-16-12-6-5-11(13(9-12)17-2)10-14-7-4-8-18(3)15/h5-6,9,14H,4,7-8,10H2,1-3H3. The molecule has 0 aliphatic heterocycles. The van der Waals surface area contributed by atoms with E-state index in [4.69, 9.17) is 9.47 Å². The van der Waals surface area contributed by atoms with Crippen molar-refractivity contribution in [3.8, 4) is 11.5 Å². The van der Waals surface area contributed by atoms with Crippen LogP contribution in [0.3, 0.4) is 0 Å². The summed E-state index contributed by atoms with van der Waals surface area (Å²) in [5.41, 5.74) is 1.09. The second-order valence-corrected chi connectivity index (χ2v) is 5.54. The van der Waals surface area contributed by atoms with Gasteiger partial charge in [0.2, 0.25) is 0 Å². The maximum Gasteiger partial charge on any atom is 0.127 e. The van der Waals surface area contributed by atoms with Crippen LogP contribution in [0.2, 0.25) is 0 Å². The first-order valence-electron chi connectivity index (χ1n) is 5.89. The average Bonchev–Trinajstić information content (AvgIpc) is 2.38. The zero-order valence-electron chi connectivity index (χ0n) is 11.2. The van der Waals surface area contributed by atoms with Gasteiger partial charge in [-0.15, -0.1) is 0 Å². The minimum absolute atomic E-state index is 0.705. The van der Waals surface area contributed by atoms with Gasteiger partial charge in [-0.05, 0) is 19.0 Å². The Balaban J connectivity index is 2.44. The topological polar surface area (TPSA) is 47.6 Å². The van der Waals surface area contributed by atoms with E-state index >= 15 is 0 Å². The molecule has 0 aliphatic rings. The molecule has 0 aliphatic carbocycles. The van der Waals surface area contributed by atoms with E-state index < -0.39 is 10.8 Å². The molecule has 0 fully saturated rings. The summed E-state index contributed by atoms with van der Waals surface area (Å²) in [5, 5.41) is 3.31. The Morgan fingerprint density at radius 3 is 2.67 bits per heavy atom. The fourth-order valence-electron chi connectivity index (χ4n) is 1.62. The molecule has 0 radical (unpaired) electrons. The molecule has 0 saturated heterocycles. The molecule has 0 amide bonds. The highest BCUT2D eigenvalue weighted by molar-refractivity contribution is 7.84. The van der Waals surface area contributed by atoms with Gasteiger partial charge in [0.15, 0.2) is 0 Å². The molecule has 1 aromatic rings. The molecular formula is C13H21NO3S. The third-order valence-corrected chi connectivity index (χ3v) is 3.46. The van der Waals surface area contributed by atoms with Gasteiger partial charge in [0, 0.05) is 41.0 Å². The van der Waals surface area contributed by atoms with Gasteiger partial charge >= 0.3 is 0 Å². The molecule has 1 aromatic carbocycles. The van der Waals surface area contributed by atoms with Crippen molar-refractivity contribution in [1.29, 1.82) is 0 Å². The van der Waals surface area contributed by atoms with Crippen molar-refractivity contribution in [2.24, 2.45) is 0 Å². The summed E-state index contributed by atoms with van der Waals surface area (Å²) in [7, 11) is 2.58. The highest BCUT2D eigenvalue weighted by Crippen LogP contribution is 2.24. The molecule has 0 heterocycles. The van der Waals surface area contributed by atoms with Crippen LogP contribution in [-0.2, 0) is 17.3 Å². The minimum Gasteiger partial charge on any atom is -0.497 e. The summed E-state index contributed by atoms with van der Waals surface area (Å²) >= 11 is 0. The van der Waals surface area contributed by atoms with Crippen LogP contribution < -0.4 is 14.8 Å². The van der Waals surface area contributed by atoms with Crippen LogP contribution in [0.25, 0.3) is 0 Å². The smallest absolute Gasteiger partial charge is 0.127 e. The molecule has 1 N–H and O–H groups in total. The predicted molar refractivity (Wildman–Crippen MR) is 74.8 cm³/mol. The lowest BCUT2D eigenvalue weighted by Gasteiger charge is -2.11. The number of nitrogens with one attached hydrogen (secondary N) is 1. The second-order valence-electron chi connectivity index (χ2n) is 3.99. The molecule has 0 spiro atoms. The van der Waals surface area contributed by atoms with E-state index in [0.717, 1.165) is 42.3 Å². The molecule has 0 saturated carbocycles. The fourth-order valence-corrected chi connectivity index (χ4v) is 2.17. The lowest BCUT2D eigenvalue weighted by molar-refractivity contribution is 0.390. The first-order chi connectivity index (χ1) is 8.67. The molecule has 1 unspecified atom stereocenters. The van der Waals surface area contributed by atoms with Crippen molar-refractivity contribution < 1.29 is 13.7 Å². The van der Waals surface area contributed by atoms with E-state index in [-0.39, 0.29) is 0 Å². The van der Waals surface area contributed by atoms with Crippen LogP contribution in [0, 0.1) is 0 Å². The van der Waals surface area contributed by atoms with Crippen LogP contribution >= 0.6 is 0 Å². The third-order valence-electron chi connectivity index (χ3n) is 2.60. The van der Waals surface area contributed by atoms with Crippen molar-refractivity contribution in [3.05, 3.63) is 23.8 Å². The van der Waals surface area contributed by atoms with Crippen LogP contribution in [-0.4, -0.2) is 37.0 Å². The van der Waals surface area contributed by atoms with E-state index in [1.165, 1.54) is 0 Å². The number of hydrogen-bond donors (Lipinski definition) is 1. The third kappa shape index (κ3) is 5.06. The van der Waals surface area contributed by atoms with Crippen molar-refractivity contribution in [1.82, 2.24) is 5.32 Å². The van der Waals surface area contributed by atoms with Crippen molar-refractivity contribution in [2.75, 3.05) is 32.8 Å². The molecule has 1 atom stereocenters. The Morgan fingerprint density at radius 1 is 1.28 bits per heavy atom. The highest BCUT2D eigenvalue weighted by atomic mass is 32.2. The lowest BCUT2D eigenvalue weighted by atomic mass is 10.2. The van der Waals surface area contributed by atoms with Crippen LogP contribution in [0.1, 0.15) is 12.0 Å². The van der Waals surface area contributed by atoms with E-state index in [2.05, 4.69) is 5.32 Å². The van der Waals surface area contributed by atoms with E-state index in [1.54, 1.807) is 20.5 Å². The summed E-state index contributed by atoms with van der Waals surface area (Å²) in [6, 6.07) is 5.78. The molecule has 5 heteroatoms. The SMILES string of the molecule is COc1ccc(CNCCCS(C)=O)c(OC)c1. The van der Waals surface area contributed by atoms with Gasteiger partial charge < -0.3 is 14.8 Å². The first-order valence-corrected chi connectivity index (χ1v) is 7.61. The first kappa shape index (κ1) is 15.0. The summed E-state index contributed by atoms with van der Waals surface area (Å²) in [5.74, 6) is 2.35. The van der Waals surface area contributed by atoms with Crippen LogP contribution in [0.4, 0.5) is 0 Å². The zero-order chi connectivity index (χ0) is 13.4. The Bertz CT molecular complexity index is 396. The quantitative estimate of drug-likeness (QED) is 0.729. The summed E-state index contributed by atoms with van der Waals surface area (Å²) in [4.78, 5) is 0. The Labute approximate surface area is 111 Å². The van der Waals surface area contributed by atoms with Gasteiger partial charge in [0.05, 0.1) is 14.2 Å². The molecule has 0 aromatic heterocycles. The van der Waals surface area contributed by atoms with Crippen molar-refractivity contribution in [3.63, 3.8) is 0 Å². The number of ether oxygens (including phenoxy) is 2. The van der Waals surface area contributed by atoms with Gasteiger partial charge in [-0.25, -0.2) is 0 Å². The summed E-state index contributed by atoms with van der Waals surface area (Å²) in [6.07, 6.45) is 2.65. The molecule has 18 heavy (non-hydrogen) atoms. The number of hydrogen-bond acceptors (Lipinski definition) is 4. The normalized spacial score (nSPS) is 12.2. The van der Waals surface area contributed by atoms with Crippen LogP contribution in [0.5, 0.6) is 11.5 Å². The van der Waals surface area contributed by atoms with Gasteiger partial charge in [0.25, 0.3) is 0 Å². The largest absolute Gasteiger partial charge is 0.497 e. The monoisotopic (exact) mass is 271 g/mol. The fraction of sp³-hybridized carbons (Fsp3) is 0.538. The summed E-state index contributed by atoms with van der Waals surface area (Å²) in [6.45, 7) is 1.60. The zero-order valence-corrected chi connectivity index (χ0v) is 12.0. The van der Waals surface area contributed by atoms with Crippen molar-refractivity contribution >= 4 is 10.8 Å². The molecule has 4 nitrogen and oxygen atoms in total. The van der Waals surface area contributed by atoms with E-state index in [0.29, 0.717) is 0 Å². The van der Waals surface area contributed by atoms with Gasteiger partial charge in [-0.3, -0.25) is 4.21 Å². The second kappa shape index (κ2) is 8.11. The van der Waals surface area contributed by atoms with E-state index in [1.807, 2.05) is 18.2 Å². The molecule has 102 valence electrons. The molecule has 0 bridgehead atoms. The van der Waals surface area contributed by atoms with Gasteiger partial charge in [-0.1, -0.05) is 6.07 Å². The van der Waals surface area contributed by atoms with Crippen molar-refractivity contribution in [2.45, 2.75) is 13.0 Å². The number of methoxy groups -OCH3 is 2. The Kier molecular flexibility index (Phi) is 6.75. The molecule has 1 rings (SSSR count). The van der Waals surface area contributed by atoms with E-state index in [9.17, 15) is 4.21 Å². The highest BCUT2D eigenvalue weighted by Gasteiger charge is 2.04. The van der Waals surface area contributed by atoms with Gasteiger partial charge in [0.1, 0.15) is 11.5 Å². The van der Waals surface area contributed by atoms with Gasteiger partial charge in [-0.2, -0.15) is 0 Å². The summed E-state index contributed by atoms with van der Waals surface area (Å²) < 4.78 is 21.4. The lowest BCUT2D eigenvalue weighted by Crippen LogP contribution is -2.17. The predicted octanol–water partition coefficient (Wildman–Crippen LogP) is 1.56. The maximum atomic E-state index is 10.9. The Hall–Kier alpha value is -1.07. The number of benzene rings is 1. The number of rotatable bonds is 8. The Morgan fingerprint density at radius 2 is 2.06 bits per heavy atom. The molecular weight excluding hydrogens is 250 g/mol. The van der Waals surface area contributed by atoms with Crippen LogP contribution in [0.15, 0.2) is 18.2 Å².